The molecule has 0 amide bonds. The molecule has 0 aromatic heterocycles. The van der Waals surface area contributed by atoms with Crippen LogP contribution in [0.25, 0.3) is 0 Å². The summed E-state index contributed by atoms with van der Waals surface area (Å²) in [7, 11) is 2.26. The number of ether oxygens (including phenoxy) is 2. The van der Waals surface area contributed by atoms with Crippen molar-refractivity contribution in [1.82, 2.24) is 4.90 Å². The Morgan fingerprint density at radius 3 is 2.52 bits per heavy atom. The van der Waals surface area contributed by atoms with E-state index in [0.717, 1.165) is 37.4 Å². The van der Waals surface area contributed by atoms with Crippen LogP contribution in [0.3, 0.4) is 0 Å². The lowest BCUT2D eigenvalue weighted by Gasteiger charge is -2.36. The number of aryl methyl sites for hydroxylation is 1. The topological polar surface area (TPSA) is 21.7 Å². The standard InChI is InChI=1S/C18H27NO2/c1-4-9-20-18-10-13(2)5-8-17(18)21-16-11-14-6-7-15(12-16)19(14)3/h5,8,10,14-16H,4,6-7,9,11-12H2,1-3H3/t14-,15+,16+. The lowest BCUT2D eigenvalue weighted by Crippen LogP contribution is -2.43. The maximum absolute atomic E-state index is 6.32. The zero-order valence-electron chi connectivity index (χ0n) is 13.5. The van der Waals surface area contributed by atoms with E-state index in [-0.39, 0.29) is 0 Å². The summed E-state index contributed by atoms with van der Waals surface area (Å²) in [5, 5.41) is 0. The monoisotopic (exact) mass is 289 g/mol. The molecule has 2 bridgehead atoms. The number of piperidine rings is 1. The second kappa shape index (κ2) is 6.27. The minimum atomic E-state index is 0.338. The van der Waals surface area contributed by atoms with Gasteiger partial charge in [0.2, 0.25) is 0 Å². The number of hydrogen-bond acceptors (Lipinski definition) is 3. The molecule has 1 aromatic carbocycles. The van der Waals surface area contributed by atoms with Crippen molar-refractivity contribution in [3.63, 3.8) is 0 Å². The summed E-state index contributed by atoms with van der Waals surface area (Å²) >= 11 is 0. The molecule has 0 saturated carbocycles. The van der Waals surface area contributed by atoms with Crippen LogP contribution in [0.5, 0.6) is 11.5 Å². The normalized spacial score (nSPS) is 28.6. The minimum Gasteiger partial charge on any atom is -0.490 e. The maximum atomic E-state index is 6.32. The SMILES string of the molecule is CCCOc1cc(C)ccc1O[C@H]1C[C@H]2CC[C@@H](C1)N2C. The van der Waals surface area contributed by atoms with Crippen LogP contribution in [0.4, 0.5) is 0 Å². The molecule has 116 valence electrons. The van der Waals surface area contributed by atoms with E-state index in [1.807, 2.05) is 0 Å². The maximum Gasteiger partial charge on any atom is 0.161 e. The number of benzene rings is 1. The van der Waals surface area contributed by atoms with Gasteiger partial charge < -0.3 is 14.4 Å². The average molecular weight is 289 g/mol. The van der Waals surface area contributed by atoms with Crippen LogP contribution in [0.1, 0.15) is 44.6 Å². The van der Waals surface area contributed by atoms with Crippen LogP contribution in [-0.4, -0.2) is 36.7 Å². The van der Waals surface area contributed by atoms with E-state index < -0.39 is 0 Å². The van der Waals surface area contributed by atoms with E-state index in [4.69, 9.17) is 9.47 Å². The van der Waals surface area contributed by atoms with E-state index >= 15 is 0 Å². The Balaban J connectivity index is 1.70. The second-order valence-electron chi connectivity index (χ2n) is 6.56. The number of rotatable bonds is 5. The van der Waals surface area contributed by atoms with Crippen molar-refractivity contribution < 1.29 is 9.47 Å². The van der Waals surface area contributed by atoms with Gasteiger partial charge in [0.05, 0.1) is 6.61 Å². The Bertz CT molecular complexity index is 474. The third-order valence-electron chi connectivity index (χ3n) is 4.91. The molecule has 2 saturated heterocycles. The van der Waals surface area contributed by atoms with Gasteiger partial charge in [-0.2, -0.15) is 0 Å². The third-order valence-corrected chi connectivity index (χ3v) is 4.91. The van der Waals surface area contributed by atoms with Gasteiger partial charge in [-0.05, 0) is 63.8 Å². The molecule has 21 heavy (non-hydrogen) atoms. The number of fused-ring (bicyclic) bond motifs is 2. The largest absolute Gasteiger partial charge is 0.490 e. The minimum absolute atomic E-state index is 0.338. The summed E-state index contributed by atoms with van der Waals surface area (Å²) in [4.78, 5) is 2.55. The first kappa shape index (κ1) is 14.7. The zero-order chi connectivity index (χ0) is 14.8. The highest BCUT2D eigenvalue weighted by molar-refractivity contribution is 5.42. The van der Waals surface area contributed by atoms with Gasteiger partial charge in [-0.3, -0.25) is 0 Å². The van der Waals surface area contributed by atoms with Gasteiger partial charge >= 0.3 is 0 Å². The Kier molecular flexibility index (Phi) is 4.39. The highest BCUT2D eigenvalue weighted by atomic mass is 16.5. The molecule has 3 rings (SSSR count). The number of nitrogens with zero attached hydrogens (tertiary/aromatic N) is 1. The third kappa shape index (κ3) is 3.18. The fourth-order valence-corrected chi connectivity index (χ4v) is 3.67. The van der Waals surface area contributed by atoms with Gasteiger partial charge in [0.1, 0.15) is 6.10 Å². The molecule has 3 heteroatoms. The molecule has 1 aromatic rings. The molecule has 0 spiro atoms. The molecule has 0 N–H and O–H groups in total. The van der Waals surface area contributed by atoms with Crippen molar-refractivity contribution in [2.45, 2.75) is 64.1 Å². The van der Waals surface area contributed by atoms with Crippen molar-refractivity contribution >= 4 is 0 Å². The van der Waals surface area contributed by atoms with Crippen molar-refractivity contribution in [3.8, 4) is 11.5 Å². The summed E-state index contributed by atoms with van der Waals surface area (Å²) in [5.41, 5.74) is 1.22. The van der Waals surface area contributed by atoms with Crippen molar-refractivity contribution in [1.29, 1.82) is 0 Å². The first-order valence-corrected chi connectivity index (χ1v) is 8.29. The van der Waals surface area contributed by atoms with Crippen molar-refractivity contribution in [3.05, 3.63) is 23.8 Å². The molecular formula is C18H27NO2. The number of hydrogen-bond donors (Lipinski definition) is 0. The Morgan fingerprint density at radius 2 is 1.86 bits per heavy atom. The average Bonchev–Trinajstić information content (AvgIpc) is 2.70. The molecule has 3 nitrogen and oxygen atoms in total. The van der Waals surface area contributed by atoms with Crippen LogP contribution in [0, 0.1) is 6.92 Å². The lowest BCUT2D eigenvalue weighted by molar-refractivity contribution is 0.0638. The fraction of sp³-hybridized carbons (Fsp3) is 0.667. The van der Waals surface area contributed by atoms with Crippen LogP contribution in [-0.2, 0) is 0 Å². The smallest absolute Gasteiger partial charge is 0.161 e. The van der Waals surface area contributed by atoms with Crippen molar-refractivity contribution in [2.24, 2.45) is 0 Å². The summed E-state index contributed by atoms with van der Waals surface area (Å²) in [6, 6.07) is 7.69. The van der Waals surface area contributed by atoms with Crippen LogP contribution >= 0.6 is 0 Å². The zero-order valence-corrected chi connectivity index (χ0v) is 13.5. The molecule has 2 aliphatic rings. The van der Waals surface area contributed by atoms with Gasteiger partial charge in [0.15, 0.2) is 11.5 Å². The molecule has 3 atom stereocenters. The molecule has 2 heterocycles. The molecule has 0 radical (unpaired) electrons. The molecule has 2 aliphatic heterocycles. The van der Waals surface area contributed by atoms with Crippen LogP contribution in [0.2, 0.25) is 0 Å². The second-order valence-corrected chi connectivity index (χ2v) is 6.56. The Morgan fingerprint density at radius 1 is 1.14 bits per heavy atom. The molecule has 2 fully saturated rings. The predicted molar refractivity (Wildman–Crippen MR) is 85.2 cm³/mol. The first-order chi connectivity index (χ1) is 10.2. The predicted octanol–water partition coefficient (Wildman–Crippen LogP) is 3.79. The van der Waals surface area contributed by atoms with Gasteiger partial charge in [-0.1, -0.05) is 13.0 Å². The Hall–Kier alpha value is -1.22. The van der Waals surface area contributed by atoms with E-state index in [9.17, 15) is 0 Å². The van der Waals surface area contributed by atoms with Gasteiger partial charge in [-0.15, -0.1) is 0 Å². The van der Waals surface area contributed by atoms with E-state index in [2.05, 4.69) is 44.0 Å². The quantitative estimate of drug-likeness (QED) is 0.823. The first-order valence-electron chi connectivity index (χ1n) is 8.29. The van der Waals surface area contributed by atoms with E-state index in [1.54, 1.807) is 0 Å². The van der Waals surface area contributed by atoms with Gasteiger partial charge in [0, 0.05) is 12.1 Å². The van der Waals surface area contributed by atoms with Gasteiger partial charge in [-0.25, -0.2) is 0 Å². The lowest BCUT2D eigenvalue weighted by atomic mass is 10.0. The molecular weight excluding hydrogens is 262 g/mol. The molecule has 0 aliphatic carbocycles. The fourth-order valence-electron chi connectivity index (χ4n) is 3.67. The summed E-state index contributed by atoms with van der Waals surface area (Å²) in [5.74, 6) is 1.83. The van der Waals surface area contributed by atoms with Crippen molar-refractivity contribution in [2.75, 3.05) is 13.7 Å². The highest BCUT2D eigenvalue weighted by Gasteiger charge is 2.39. The van der Waals surface area contributed by atoms with E-state index in [0.29, 0.717) is 18.2 Å². The summed E-state index contributed by atoms with van der Waals surface area (Å²) < 4.78 is 12.2. The van der Waals surface area contributed by atoms with E-state index in [1.165, 1.54) is 18.4 Å². The summed E-state index contributed by atoms with van der Waals surface area (Å²) in [6.45, 7) is 4.97. The molecule has 0 unspecified atom stereocenters. The van der Waals surface area contributed by atoms with Crippen LogP contribution in [0.15, 0.2) is 18.2 Å². The van der Waals surface area contributed by atoms with Gasteiger partial charge in [0.25, 0.3) is 0 Å². The Labute approximate surface area is 128 Å². The van der Waals surface area contributed by atoms with Crippen LogP contribution < -0.4 is 9.47 Å². The highest BCUT2D eigenvalue weighted by Crippen LogP contribution is 2.38. The summed E-state index contributed by atoms with van der Waals surface area (Å²) in [6.07, 6.45) is 6.31.